The van der Waals surface area contributed by atoms with Gasteiger partial charge < -0.3 is 0 Å². The molecule has 1 N–H and O–H groups in total. The van der Waals surface area contributed by atoms with Crippen LogP contribution in [0.3, 0.4) is 0 Å². The Labute approximate surface area is 150 Å². The van der Waals surface area contributed by atoms with E-state index >= 15 is 0 Å². The molecule has 1 saturated carbocycles. The fourth-order valence-electron chi connectivity index (χ4n) is 2.86. The minimum Gasteiger partial charge on any atom is -0.298 e. The van der Waals surface area contributed by atoms with Crippen molar-refractivity contribution in [1.29, 1.82) is 0 Å². The van der Waals surface area contributed by atoms with Crippen LogP contribution in [0.5, 0.6) is 0 Å². The highest BCUT2D eigenvalue weighted by Crippen LogP contribution is 2.40. The van der Waals surface area contributed by atoms with E-state index < -0.39 is 17.8 Å². The van der Waals surface area contributed by atoms with Crippen LogP contribution in [0, 0.1) is 6.92 Å². The molecule has 3 aromatic heterocycles. The second kappa shape index (κ2) is 5.76. The van der Waals surface area contributed by atoms with Gasteiger partial charge in [0.1, 0.15) is 0 Å². The topological polar surface area (TPSA) is 72.7 Å². The van der Waals surface area contributed by atoms with E-state index in [9.17, 15) is 18.0 Å². The molecule has 6 nitrogen and oxygen atoms in total. The first-order chi connectivity index (χ1) is 12.2. The summed E-state index contributed by atoms with van der Waals surface area (Å²) < 4.78 is 39.7. The van der Waals surface area contributed by atoms with Crippen LogP contribution in [-0.2, 0) is 13.2 Å². The average molecular weight is 381 g/mol. The maximum atomic E-state index is 12.8. The van der Waals surface area contributed by atoms with E-state index in [4.69, 9.17) is 0 Å². The molecular formula is C16H14F3N5OS. The lowest BCUT2D eigenvalue weighted by molar-refractivity contribution is -0.140. The first-order valence-corrected chi connectivity index (χ1v) is 8.80. The number of alkyl halides is 3. The number of aryl methyl sites for hydroxylation is 2. The molecule has 3 aromatic rings. The zero-order valence-electron chi connectivity index (χ0n) is 13.9. The van der Waals surface area contributed by atoms with E-state index in [1.54, 1.807) is 24.7 Å². The summed E-state index contributed by atoms with van der Waals surface area (Å²) in [6.07, 6.45) is -2.52. The Morgan fingerprint density at radius 1 is 1.35 bits per heavy atom. The molecule has 0 aromatic carbocycles. The highest BCUT2D eigenvalue weighted by Gasteiger charge is 2.34. The van der Waals surface area contributed by atoms with Crippen molar-refractivity contribution in [2.45, 2.75) is 31.9 Å². The van der Waals surface area contributed by atoms with Crippen molar-refractivity contribution in [3.05, 3.63) is 34.1 Å². The van der Waals surface area contributed by atoms with Crippen LogP contribution >= 0.6 is 11.3 Å². The summed E-state index contributed by atoms with van der Waals surface area (Å²) in [5, 5.41) is 8.16. The van der Waals surface area contributed by atoms with Crippen LogP contribution in [0.2, 0.25) is 0 Å². The van der Waals surface area contributed by atoms with Gasteiger partial charge in [0, 0.05) is 24.0 Å². The van der Waals surface area contributed by atoms with Crippen molar-refractivity contribution in [2.24, 2.45) is 7.05 Å². The summed E-state index contributed by atoms with van der Waals surface area (Å²) in [6, 6.07) is 1.71. The van der Waals surface area contributed by atoms with E-state index in [-0.39, 0.29) is 5.13 Å². The Morgan fingerprint density at radius 2 is 2.08 bits per heavy atom. The largest absolute Gasteiger partial charge is 0.434 e. The number of carbonyl (C=O) groups is 1. The molecular weight excluding hydrogens is 367 g/mol. The summed E-state index contributed by atoms with van der Waals surface area (Å²) in [5.41, 5.74) is 1.37. The molecule has 4 rings (SSSR count). The first kappa shape index (κ1) is 17.0. The minimum atomic E-state index is -4.54. The van der Waals surface area contributed by atoms with Gasteiger partial charge in [-0.3, -0.25) is 14.8 Å². The maximum absolute atomic E-state index is 12.8. The Kier molecular flexibility index (Phi) is 3.76. The van der Waals surface area contributed by atoms with Crippen molar-refractivity contribution in [2.75, 3.05) is 5.32 Å². The second-order valence-corrected chi connectivity index (χ2v) is 7.12. The number of nitrogens with one attached hydrogen (secondary N) is 1. The molecule has 0 aliphatic heterocycles. The number of hydrogen-bond acceptors (Lipinski definition) is 5. The third-order valence-corrected chi connectivity index (χ3v) is 5.00. The summed E-state index contributed by atoms with van der Waals surface area (Å²) >= 11 is 0.738. The predicted molar refractivity (Wildman–Crippen MR) is 90.3 cm³/mol. The van der Waals surface area contributed by atoms with Crippen LogP contribution in [-0.4, -0.2) is 25.7 Å². The van der Waals surface area contributed by atoms with Crippen molar-refractivity contribution in [3.63, 3.8) is 0 Å². The van der Waals surface area contributed by atoms with Crippen LogP contribution in [0.25, 0.3) is 11.0 Å². The van der Waals surface area contributed by atoms with Crippen molar-refractivity contribution >= 4 is 33.4 Å². The highest BCUT2D eigenvalue weighted by molar-refractivity contribution is 7.14. The summed E-state index contributed by atoms with van der Waals surface area (Å²) in [4.78, 5) is 20.8. The lowest BCUT2D eigenvalue weighted by Crippen LogP contribution is -2.14. The van der Waals surface area contributed by atoms with Gasteiger partial charge in [-0.05, 0) is 25.8 Å². The fraction of sp³-hybridized carbons (Fsp3) is 0.375. The summed E-state index contributed by atoms with van der Waals surface area (Å²) in [5.74, 6) is -0.198. The molecule has 26 heavy (non-hydrogen) atoms. The summed E-state index contributed by atoms with van der Waals surface area (Å²) in [7, 11) is 1.75. The van der Waals surface area contributed by atoms with Gasteiger partial charge in [-0.1, -0.05) is 0 Å². The molecule has 0 spiro atoms. The van der Waals surface area contributed by atoms with Gasteiger partial charge in [-0.25, -0.2) is 9.97 Å². The lowest BCUT2D eigenvalue weighted by atomic mass is 10.1. The third kappa shape index (κ3) is 2.94. The third-order valence-electron chi connectivity index (χ3n) is 4.24. The van der Waals surface area contributed by atoms with E-state index in [1.807, 2.05) is 0 Å². The van der Waals surface area contributed by atoms with Gasteiger partial charge in [-0.2, -0.15) is 18.3 Å². The zero-order valence-corrected chi connectivity index (χ0v) is 14.7. The molecule has 1 fully saturated rings. The molecule has 1 aliphatic rings. The van der Waals surface area contributed by atoms with Crippen LogP contribution in [0.1, 0.15) is 46.2 Å². The SMILES string of the molecule is Cc1nn(C)c2nc(C3CC3)cc(C(=O)Nc3nc(C(F)(F)F)cs3)c12. The monoisotopic (exact) mass is 381 g/mol. The van der Waals surface area contributed by atoms with Gasteiger partial charge in [0.25, 0.3) is 5.91 Å². The lowest BCUT2D eigenvalue weighted by Gasteiger charge is -2.07. The molecule has 3 heterocycles. The number of halogens is 3. The van der Waals surface area contributed by atoms with Crippen LogP contribution < -0.4 is 5.32 Å². The van der Waals surface area contributed by atoms with Gasteiger partial charge in [0.15, 0.2) is 16.5 Å². The van der Waals surface area contributed by atoms with E-state index in [0.717, 1.165) is 35.3 Å². The molecule has 1 aliphatic carbocycles. The molecule has 1 amide bonds. The average Bonchev–Trinajstić information content (AvgIpc) is 3.24. The van der Waals surface area contributed by atoms with Crippen molar-refractivity contribution < 1.29 is 18.0 Å². The summed E-state index contributed by atoms with van der Waals surface area (Å²) in [6.45, 7) is 1.77. The van der Waals surface area contributed by atoms with Gasteiger partial charge >= 0.3 is 6.18 Å². The quantitative estimate of drug-likeness (QED) is 0.747. The molecule has 0 unspecified atom stereocenters. The number of anilines is 1. The van der Waals surface area contributed by atoms with E-state index in [0.29, 0.717) is 28.2 Å². The molecule has 0 radical (unpaired) electrons. The Morgan fingerprint density at radius 3 is 2.69 bits per heavy atom. The second-order valence-electron chi connectivity index (χ2n) is 6.27. The molecule has 136 valence electrons. The molecule has 10 heteroatoms. The molecule has 0 saturated heterocycles. The Hall–Kier alpha value is -2.49. The fourth-order valence-corrected chi connectivity index (χ4v) is 3.57. The Balaban J connectivity index is 1.73. The number of amides is 1. The number of carbonyl (C=O) groups excluding carboxylic acids is 1. The van der Waals surface area contributed by atoms with Crippen molar-refractivity contribution in [1.82, 2.24) is 19.7 Å². The standard InChI is InChI=1S/C16H14F3N5OS/c1-7-12-9(5-10(8-3-4-8)20-13(12)24(2)23-7)14(25)22-15-21-11(6-26-15)16(17,18)19/h5-6,8H,3-4H2,1-2H3,(H,21,22,25). The predicted octanol–water partition coefficient (Wildman–Crippen LogP) is 3.88. The number of rotatable bonds is 3. The highest BCUT2D eigenvalue weighted by atomic mass is 32.1. The number of thiazole rings is 1. The van der Waals surface area contributed by atoms with Crippen LogP contribution in [0.4, 0.5) is 18.3 Å². The molecule has 0 atom stereocenters. The number of aromatic nitrogens is 4. The minimum absolute atomic E-state index is 0.0956. The zero-order chi connectivity index (χ0) is 18.6. The number of nitrogens with zero attached hydrogens (tertiary/aromatic N) is 4. The van der Waals surface area contributed by atoms with Crippen molar-refractivity contribution in [3.8, 4) is 0 Å². The van der Waals surface area contributed by atoms with Crippen LogP contribution in [0.15, 0.2) is 11.4 Å². The number of fused-ring (bicyclic) bond motifs is 1. The number of pyridine rings is 1. The van der Waals surface area contributed by atoms with E-state index in [2.05, 4.69) is 20.4 Å². The maximum Gasteiger partial charge on any atom is 0.434 e. The van der Waals surface area contributed by atoms with Gasteiger partial charge in [0.2, 0.25) is 0 Å². The smallest absolute Gasteiger partial charge is 0.298 e. The van der Waals surface area contributed by atoms with Gasteiger partial charge in [-0.15, -0.1) is 11.3 Å². The normalized spacial score (nSPS) is 14.8. The first-order valence-electron chi connectivity index (χ1n) is 7.92. The van der Waals surface area contributed by atoms with E-state index in [1.165, 1.54) is 0 Å². The molecule has 0 bridgehead atoms. The van der Waals surface area contributed by atoms with Gasteiger partial charge in [0.05, 0.1) is 16.6 Å². The number of hydrogen-bond donors (Lipinski definition) is 1. The Bertz CT molecular complexity index is 1020.